The molecule has 2 aromatic carbocycles. The fourth-order valence-electron chi connectivity index (χ4n) is 6.24. The lowest BCUT2D eigenvalue weighted by Gasteiger charge is -2.42. The molecule has 2 aromatic rings. The van der Waals surface area contributed by atoms with Gasteiger partial charge in [-0.1, -0.05) is 76.1 Å². The smallest absolute Gasteiger partial charge is 0.148 e. The van der Waals surface area contributed by atoms with E-state index in [1.165, 1.54) is 82.6 Å². The van der Waals surface area contributed by atoms with Gasteiger partial charge in [-0.2, -0.15) is 5.26 Å². The minimum atomic E-state index is -0.377. The summed E-state index contributed by atoms with van der Waals surface area (Å²) in [5.74, 6) is 3.03. The summed E-state index contributed by atoms with van der Waals surface area (Å²) in [5.41, 5.74) is 1.50. The Bertz CT molecular complexity index is 895. The number of nitriles is 1. The van der Waals surface area contributed by atoms with Crippen LogP contribution in [0.2, 0.25) is 0 Å². The second-order valence-corrected chi connectivity index (χ2v) is 9.93. The zero-order chi connectivity index (χ0) is 20.9. The molecule has 0 radical (unpaired) electrons. The number of hydrogen-bond donors (Lipinski definition) is 0. The fourth-order valence-corrected chi connectivity index (χ4v) is 6.24. The maximum Gasteiger partial charge on any atom is 0.148 e. The molecule has 2 saturated carbocycles. The highest BCUT2D eigenvalue weighted by Gasteiger charge is 2.35. The molecule has 2 heteroatoms. The Morgan fingerprint density at radius 1 is 0.933 bits per heavy atom. The van der Waals surface area contributed by atoms with Crippen molar-refractivity contribution >= 4 is 10.8 Å². The van der Waals surface area contributed by atoms with Crippen molar-refractivity contribution in [2.45, 2.75) is 89.9 Å². The first kappa shape index (κ1) is 21.4. The van der Waals surface area contributed by atoms with Crippen LogP contribution in [0.25, 0.3) is 10.8 Å². The van der Waals surface area contributed by atoms with E-state index in [9.17, 15) is 4.39 Å². The first-order valence-electron chi connectivity index (χ1n) is 12.3. The highest BCUT2D eigenvalue weighted by Crippen LogP contribution is 2.48. The second-order valence-electron chi connectivity index (χ2n) is 9.93. The van der Waals surface area contributed by atoms with E-state index in [1.54, 1.807) is 6.07 Å². The summed E-state index contributed by atoms with van der Waals surface area (Å²) in [7, 11) is 0. The van der Waals surface area contributed by atoms with E-state index in [0.717, 1.165) is 23.1 Å². The van der Waals surface area contributed by atoms with Gasteiger partial charge >= 0.3 is 0 Å². The van der Waals surface area contributed by atoms with Crippen LogP contribution in [0, 0.1) is 34.9 Å². The van der Waals surface area contributed by atoms with Crippen LogP contribution in [-0.2, 0) is 0 Å². The SMILES string of the molecule is CCCCCCCC1CCC2CC(c3ccc4c(F)c(C#N)ccc4c3)CCC2C1. The summed E-state index contributed by atoms with van der Waals surface area (Å²) in [6, 6.07) is 11.6. The highest BCUT2D eigenvalue weighted by molar-refractivity contribution is 5.85. The van der Waals surface area contributed by atoms with Crippen molar-refractivity contribution in [2.75, 3.05) is 0 Å². The van der Waals surface area contributed by atoms with Crippen LogP contribution in [0.15, 0.2) is 30.3 Å². The van der Waals surface area contributed by atoms with E-state index in [2.05, 4.69) is 19.1 Å². The minimum Gasteiger partial charge on any atom is -0.205 e. The van der Waals surface area contributed by atoms with Crippen LogP contribution in [0.1, 0.15) is 101 Å². The van der Waals surface area contributed by atoms with Crippen molar-refractivity contribution in [1.82, 2.24) is 0 Å². The Hall–Kier alpha value is -1.88. The Morgan fingerprint density at radius 3 is 2.57 bits per heavy atom. The van der Waals surface area contributed by atoms with Gasteiger partial charge in [0.05, 0.1) is 5.56 Å². The molecule has 2 fully saturated rings. The first-order chi connectivity index (χ1) is 14.7. The average molecular weight is 406 g/mol. The van der Waals surface area contributed by atoms with Crippen molar-refractivity contribution in [3.05, 3.63) is 47.3 Å². The average Bonchev–Trinajstić information content (AvgIpc) is 2.78. The summed E-state index contributed by atoms with van der Waals surface area (Å²) in [5, 5.41) is 10.6. The third kappa shape index (κ3) is 4.72. The van der Waals surface area contributed by atoms with E-state index in [0.29, 0.717) is 11.3 Å². The van der Waals surface area contributed by atoms with Gasteiger partial charge in [-0.3, -0.25) is 0 Å². The normalized spacial score (nSPS) is 26.3. The van der Waals surface area contributed by atoms with Gasteiger partial charge in [0, 0.05) is 5.39 Å². The topological polar surface area (TPSA) is 23.8 Å². The van der Waals surface area contributed by atoms with Crippen molar-refractivity contribution in [2.24, 2.45) is 17.8 Å². The second kappa shape index (κ2) is 9.95. The van der Waals surface area contributed by atoms with Gasteiger partial charge in [-0.25, -0.2) is 4.39 Å². The number of halogens is 1. The maximum absolute atomic E-state index is 14.4. The zero-order valence-corrected chi connectivity index (χ0v) is 18.5. The lowest BCUT2D eigenvalue weighted by Crippen LogP contribution is -2.30. The lowest BCUT2D eigenvalue weighted by molar-refractivity contribution is 0.113. The quantitative estimate of drug-likeness (QED) is 0.423. The molecule has 0 amide bonds. The Labute approximate surface area is 181 Å². The first-order valence-corrected chi connectivity index (χ1v) is 12.3. The van der Waals surface area contributed by atoms with Gasteiger partial charge in [0.15, 0.2) is 0 Å². The number of fused-ring (bicyclic) bond motifs is 2. The van der Waals surface area contributed by atoms with Gasteiger partial charge in [0.2, 0.25) is 0 Å². The molecule has 4 rings (SSSR count). The van der Waals surface area contributed by atoms with Gasteiger partial charge in [0.1, 0.15) is 11.9 Å². The van der Waals surface area contributed by atoms with Crippen LogP contribution in [0.4, 0.5) is 4.39 Å². The predicted molar refractivity (Wildman–Crippen MR) is 123 cm³/mol. The molecule has 0 N–H and O–H groups in total. The molecule has 4 unspecified atom stereocenters. The van der Waals surface area contributed by atoms with E-state index >= 15 is 0 Å². The molecule has 160 valence electrons. The molecule has 2 aliphatic rings. The molecule has 2 aliphatic carbocycles. The molecule has 0 heterocycles. The zero-order valence-electron chi connectivity index (χ0n) is 18.5. The van der Waals surface area contributed by atoms with Crippen molar-refractivity contribution in [3.63, 3.8) is 0 Å². The maximum atomic E-state index is 14.4. The molecule has 30 heavy (non-hydrogen) atoms. The standard InChI is InChI=1S/C28H36FN/c1-2-3-4-5-6-7-20-8-9-22-17-23(11-10-21(22)16-20)24-14-15-27-25(18-24)12-13-26(19-30)28(27)29/h12-15,18,20-23H,2-11,16-17H2,1H3. The number of nitrogens with zero attached hydrogens (tertiary/aromatic N) is 1. The van der Waals surface area contributed by atoms with Gasteiger partial charge in [-0.05, 0) is 72.8 Å². The van der Waals surface area contributed by atoms with Gasteiger partial charge in [0.25, 0.3) is 0 Å². The molecule has 0 aliphatic heterocycles. The monoisotopic (exact) mass is 405 g/mol. The van der Waals surface area contributed by atoms with Crippen LogP contribution in [-0.4, -0.2) is 0 Å². The molecular weight excluding hydrogens is 369 g/mol. The predicted octanol–water partition coefficient (Wildman–Crippen LogP) is 8.51. The van der Waals surface area contributed by atoms with E-state index in [1.807, 2.05) is 18.2 Å². The number of unbranched alkanes of at least 4 members (excludes halogenated alkanes) is 4. The third-order valence-electron chi connectivity index (χ3n) is 8.01. The molecule has 0 bridgehead atoms. The molecule has 0 aromatic heterocycles. The summed E-state index contributed by atoms with van der Waals surface area (Å²) < 4.78 is 14.4. The summed E-state index contributed by atoms with van der Waals surface area (Å²) in [4.78, 5) is 0. The summed E-state index contributed by atoms with van der Waals surface area (Å²) in [6.07, 6.45) is 16.7. The minimum absolute atomic E-state index is 0.137. The highest BCUT2D eigenvalue weighted by atomic mass is 19.1. The van der Waals surface area contributed by atoms with Crippen LogP contribution in [0.5, 0.6) is 0 Å². The Morgan fingerprint density at radius 2 is 1.73 bits per heavy atom. The number of rotatable bonds is 7. The van der Waals surface area contributed by atoms with Crippen LogP contribution >= 0.6 is 0 Å². The van der Waals surface area contributed by atoms with Crippen molar-refractivity contribution in [1.29, 1.82) is 5.26 Å². The van der Waals surface area contributed by atoms with E-state index < -0.39 is 0 Å². The molecular formula is C28H36FN. The van der Waals surface area contributed by atoms with Crippen molar-refractivity contribution in [3.8, 4) is 6.07 Å². The molecule has 0 spiro atoms. The lowest BCUT2D eigenvalue weighted by atomic mass is 9.63. The number of benzene rings is 2. The molecule has 4 atom stereocenters. The largest absolute Gasteiger partial charge is 0.205 e. The van der Waals surface area contributed by atoms with Crippen molar-refractivity contribution < 1.29 is 4.39 Å². The van der Waals surface area contributed by atoms with Crippen LogP contribution < -0.4 is 0 Å². The number of hydrogen-bond acceptors (Lipinski definition) is 1. The van der Waals surface area contributed by atoms with Crippen LogP contribution in [0.3, 0.4) is 0 Å². The third-order valence-corrected chi connectivity index (χ3v) is 8.01. The summed E-state index contributed by atoms with van der Waals surface area (Å²) >= 11 is 0. The molecule has 1 nitrogen and oxygen atoms in total. The van der Waals surface area contributed by atoms with Gasteiger partial charge in [-0.15, -0.1) is 0 Å². The summed E-state index contributed by atoms with van der Waals surface area (Å²) in [6.45, 7) is 2.29. The Balaban J connectivity index is 1.34. The Kier molecular flexibility index (Phi) is 7.08. The van der Waals surface area contributed by atoms with E-state index in [-0.39, 0.29) is 11.4 Å². The fraction of sp³-hybridized carbons (Fsp3) is 0.607. The molecule has 0 saturated heterocycles. The van der Waals surface area contributed by atoms with E-state index in [4.69, 9.17) is 5.26 Å². The van der Waals surface area contributed by atoms with Gasteiger partial charge < -0.3 is 0 Å².